The van der Waals surface area contributed by atoms with Crippen molar-refractivity contribution in [2.24, 2.45) is 0 Å². The monoisotopic (exact) mass is 311 g/mol. The van der Waals surface area contributed by atoms with Crippen molar-refractivity contribution in [3.8, 4) is 0 Å². The molecule has 1 aromatic rings. The number of nitrogen functional groups attached to an aromatic ring is 1. The van der Waals surface area contributed by atoms with Crippen molar-refractivity contribution in [3.63, 3.8) is 0 Å². The summed E-state index contributed by atoms with van der Waals surface area (Å²) in [7, 11) is -3.65. The van der Waals surface area contributed by atoms with Gasteiger partial charge in [0.2, 0.25) is 5.91 Å². The fraction of sp³-hybridized carbons (Fsp3) is 0.385. The molecule has 0 radical (unpaired) electrons. The Morgan fingerprint density at radius 3 is 2.52 bits per heavy atom. The minimum absolute atomic E-state index is 0.116. The van der Waals surface area contributed by atoms with E-state index >= 15 is 0 Å². The van der Waals surface area contributed by atoms with Crippen LogP contribution >= 0.6 is 0 Å². The Morgan fingerprint density at radius 2 is 1.95 bits per heavy atom. The highest BCUT2D eigenvalue weighted by atomic mass is 32.2. The van der Waals surface area contributed by atoms with E-state index in [2.05, 4.69) is 5.32 Å². The molecule has 0 bridgehead atoms. The van der Waals surface area contributed by atoms with Crippen molar-refractivity contribution >= 4 is 33.2 Å². The number of carbonyl (C=O) groups excluding carboxylic acids is 2. The smallest absolute Gasteiger partial charge is 0.258 e. The summed E-state index contributed by atoms with van der Waals surface area (Å²) in [5.41, 5.74) is 6.56. The number of rotatable bonds is 4. The Kier molecular flexibility index (Phi) is 3.66. The summed E-state index contributed by atoms with van der Waals surface area (Å²) in [6, 6.07) is 6.74. The number of para-hydroxylation sites is 2. The van der Waals surface area contributed by atoms with Gasteiger partial charge in [0.15, 0.2) is 4.75 Å². The first kappa shape index (κ1) is 15.3. The van der Waals surface area contributed by atoms with E-state index in [0.29, 0.717) is 11.4 Å². The van der Waals surface area contributed by atoms with Crippen molar-refractivity contribution in [1.82, 2.24) is 4.31 Å². The number of nitrogens with one attached hydrogen (secondary N) is 1. The molecule has 21 heavy (non-hydrogen) atoms. The Balaban J connectivity index is 1.95. The molecule has 0 unspecified atom stereocenters. The van der Waals surface area contributed by atoms with Crippen LogP contribution in [0.2, 0.25) is 0 Å². The van der Waals surface area contributed by atoms with Crippen LogP contribution in [-0.4, -0.2) is 35.8 Å². The summed E-state index contributed by atoms with van der Waals surface area (Å²) >= 11 is 0. The maximum absolute atomic E-state index is 11.9. The molecule has 1 heterocycles. The van der Waals surface area contributed by atoms with E-state index in [4.69, 9.17) is 5.73 Å². The van der Waals surface area contributed by atoms with Gasteiger partial charge in [-0.2, -0.15) is 0 Å². The molecule has 2 rings (SSSR count). The summed E-state index contributed by atoms with van der Waals surface area (Å²) in [6.45, 7) is 2.54. The summed E-state index contributed by atoms with van der Waals surface area (Å²) in [6.07, 6.45) is -0.116. The second kappa shape index (κ2) is 5.03. The van der Waals surface area contributed by atoms with Crippen LogP contribution < -0.4 is 11.1 Å². The van der Waals surface area contributed by atoms with Gasteiger partial charge < -0.3 is 11.1 Å². The van der Waals surface area contributed by atoms with Gasteiger partial charge in [0.05, 0.1) is 11.4 Å². The molecule has 2 amide bonds. The largest absolute Gasteiger partial charge is 0.397 e. The molecule has 1 aliphatic rings. The first-order chi connectivity index (χ1) is 9.68. The molecule has 1 saturated heterocycles. The minimum Gasteiger partial charge on any atom is -0.397 e. The van der Waals surface area contributed by atoms with Crippen LogP contribution in [0.1, 0.15) is 20.3 Å². The fourth-order valence-corrected chi connectivity index (χ4v) is 3.53. The lowest BCUT2D eigenvalue weighted by Crippen LogP contribution is -2.67. The highest BCUT2D eigenvalue weighted by molar-refractivity contribution is 7.94. The molecule has 1 aliphatic heterocycles. The number of nitrogens with zero attached hydrogens (tertiary/aromatic N) is 1. The van der Waals surface area contributed by atoms with Crippen LogP contribution in [0, 0.1) is 0 Å². The molecule has 0 spiro atoms. The van der Waals surface area contributed by atoms with E-state index in [0.717, 1.165) is 4.31 Å². The molecule has 3 N–H and O–H groups in total. The highest BCUT2D eigenvalue weighted by Crippen LogP contribution is 2.34. The van der Waals surface area contributed by atoms with E-state index in [1.165, 1.54) is 13.8 Å². The van der Waals surface area contributed by atoms with Crippen molar-refractivity contribution in [1.29, 1.82) is 0 Å². The number of hydrogen-bond acceptors (Lipinski definition) is 5. The average Bonchev–Trinajstić information content (AvgIpc) is 2.41. The van der Waals surface area contributed by atoms with E-state index in [-0.39, 0.29) is 13.0 Å². The molecule has 7 nitrogen and oxygen atoms in total. The normalized spacial score (nSPS) is 19.0. The van der Waals surface area contributed by atoms with Gasteiger partial charge >= 0.3 is 0 Å². The van der Waals surface area contributed by atoms with Crippen molar-refractivity contribution in [2.75, 3.05) is 17.6 Å². The number of benzene rings is 1. The average molecular weight is 311 g/mol. The molecule has 8 heteroatoms. The molecule has 1 fully saturated rings. The van der Waals surface area contributed by atoms with E-state index in [1.807, 2.05) is 0 Å². The van der Waals surface area contributed by atoms with Crippen molar-refractivity contribution in [2.45, 2.75) is 25.0 Å². The molecule has 0 aromatic heterocycles. The Bertz CT molecular complexity index is 697. The zero-order valence-corrected chi connectivity index (χ0v) is 12.6. The second-order valence-corrected chi connectivity index (χ2v) is 7.69. The van der Waals surface area contributed by atoms with E-state index in [9.17, 15) is 18.0 Å². The molecular formula is C13H17N3O4S. The first-order valence-electron chi connectivity index (χ1n) is 6.39. The van der Waals surface area contributed by atoms with Crippen molar-refractivity contribution in [3.05, 3.63) is 24.3 Å². The molecule has 0 aliphatic carbocycles. The Hall–Kier alpha value is -2.09. The molecular weight excluding hydrogens is 294 g/mol. The van der Waals surface area contributed by atoms with Crippen LogP contribution in [0.4, 0.5) is 11.4 Å². The molecule has 0 atom stereocenters. The lowest BCUT2D eigenvalue weighted by molar-refractivity contribution is -0.132. The van der Waals surface area contributed by atoms with Gasteiger partial charge in [0.25, 0.3) is 15.9 Å². The molecule has 114 valence electrons. The Labute approximate surface area is 123 Å². The lowest BCUT2D eigenvalue weighted by atomic mass is 10.2. The van der Waals surface area contributed by atoms with Gasteiger partial charge in [-0.1, -0.05) is 12.1 Å². The topological polar surface area (TPSA) is 110 Å². The minimum atomic E-state index is -3.65. The fourth-order valence-electron chi connectivity index (χ4n) is 2.00. The summed E-state index contributed by atoms with van der Waals surface area (Å²) < 4.78 is 23.1. The van der Waals surface area contributed by atoms with E-state index < -0.39 is 26.6 Å². The standard InChI is InChI=1S/C13H17N3O4S/c1-13(2)12(18)16(21(13,19)20)8-7-11(17)15-10-6-4-3-5-9(10)14/h3-6H,7-8,14H2,1-2H3,(H,15,17). The summed E-state index contributed by atoms with van der Waals surface area (Å²) in [5, 5.41) is 2.58. The van der Waals surface area contributed by atoms with Crippen LogP contribution in [0.25, 0.3) is 0 Å². The number of sulfonamides is 1. The van der Waals surface area contributed by atoms with Crippen LogP contribution in [0.15, 0.2) is 24.3 Å². The summed E-state index contributed by atoms with van der Waals surface area (Å²) in [4.78, 5) is 23.5. The Morgan fingerprint density at radius 1 is 1.33 bits per heavy atom. The third kappa shape index (κ3) is 2.46. The number of nitrogens with two attached hydrogens (primary N) is 1. The van der Waals surface area contributed by atoms with Crippen LogP contribution in [-0.2, 0) is 19.6 Å². The number of anilines is 2. The SMILES string of the molecule is CC1(C)C(=O)N(CCC(=O)Nc2ccccc2N)S1(=O)=O. The number of hydrogen-bond donors (Lipinski definition) is 2. The first-order valence-corrected chi connectivity index (χ1v) is 7.83. The highest BCUT2D eigenvalue weighted by Gasteiger charge is 2.59. The molecule has 0 saturated carbocycles. The second-order valence-electron chi connectivity index (χ2n) is 5.28. The van der Waals surface area contributed by atoms with Gasteiger partial charge in [-0.25, -0.2) is 12.7 Å². The van der Waals surface area contributed by atoms with Gasteiger partial charge in [-0.3, -0.25) is 9.59 Å². The van der Waals surface area contributed by atoms with Gasteiger partial charge in [-0.15, -0.1) is 0 Å². The van der Waals surface area contributed by atoms with Gasteiger partial charge in [0, 0.05) is 13.0 Å². The van der Waals surface area contributed by atoms with Crippen LogP contribution in [0.5, 0.6) is 0 Å². The summed E-state index contributed by atoms with van der Waals surface area (Å²) in [5.74, 6) is -0.893. The number of amides is 2. The third-order valence-corrected chi connectivity index (χ3v) is 5.85. The lowest BCUT2D eigenvalue weighted by Gasteiger charge is -2.42. The maximum Gasteiger partial charge on any atom is 0.258 e. The number of carbonyl (C=O) groups is 2. The van der Waals surface area contributed by atoms with Gasteiger partial charge in [0.1, 0.15) is 0 Å². The quantitative estimate of drug-likeness (QED) is 0.789. The van der Waals surface area contributed by atoms with Crippen LogP contribution in [0.3, 0.4) is 0 Å². The zero-order valence-electron chi connectivity index (χ0n) is 11.8. The zero-order chi connectivity index (χ0) is 15.8. The third-order valence-electron chi connectivity index (χ3n) is 3.45. The molecule has 1 aromatic carbocycles. The van der Waals surface area contributed by atoms with Crippen molar-refractivity contribution < 1.29 is 18.0 Å². The predicted octanol–water partition coefficient (Wildman–Crippen LogP) is 0.548. The van der Waals surface area contributed by atoms with Gasteiger partial charge in [-0.05, 0) is 26.0 Å². The predicted molar refractivity (Wildman–Crippen MR) is 78.8 cm³/mol. The van der Waals surface area contributed by atoms with E-state index in [1.54, 1.807) is 24.3 Å². The maximum atomic E-state index is 11.9.